The van der Waals surface area contributed by atoms with Crippen molar-refractivity contribution in [3.8, 4) is 0 Å². The molecule has 0 heterocycles. The maximum absolute atomic E-state index is 12.4. The molecule has 1 amide bonds. The molecule has 0 aliphatic rings. The number of hydrogen-bond donors (Lipinski definition) is 0. The highest BCUT2D eigenvalue weighted by molar-refractivity contribution is 5.83. The molecular weight excluding hydrogens is 334 g/mol. The number of hydroxylamine groups is 2. The van der Waals surface area contributed by atoms with E-state index in [4.69, 9.17) is 14.3 Å². The van der Waals surface area contributed by atoms with E-state index in [9.17, 15) is 9.59 Å². The zero-order valence-corrected chi connectivity index (χ0v) is 16.2. The van der Waals surface area contributed by atoms with Gasteiger partial charge in [-0.15, -0.1) is 0 Å². The van der Waals surface area contributed by atoms with Gasteiger partial charge < -0.3 is 9.47 Å². The van der Waals surface area contributed by atoms with E-state index in [1.165, 1.54) is 14.2 Å². The van der Waals surface area contributed by atoms with Crippen LogP contribution in [0.3, 0.4) is 0 Å². The van der Waals surface area contributed by atoms with Gasteiger partial charge in [0, 0.05) is 7.05 Å². The first-order chi connectivity index (χ1) is 12.2. The number of nitrogens with zero attached hydrogens (tertiary/aromatic N) is 1. The first-order valence-electron chi connectivity index (χ1n) is 8.57. The summed E-state index contributed by atoms with van der Waals surface area (Å²) in [4.78, 5) is 29.4. The highest BCUT2D eigenvalue weighted by Crippen LogP contribution is 2.17. The van der Waals surface area contributed by atoms with Gasteiger partial charge >= 0.3 is 5.97 Å². The summed E-state index contributed by atoms with van der Waals surface area (Å²) in [5.74, 6) is -1.28. The number of benzene rings is 1. The van der Waals surface area contributed by atoms with E-state index in [0.29, 0.717) is 13.0 Å². The van der Waals surface area contributed by atoms with Crippen molar-refractivity contribution in [3.63, 3.8) is 0 Å². The zero-order chi connectivity index (χ0) is 19.6. The first-order valence-corrected chi connectivity index (χ1v) is 8.57. The van der Waals surface area contributed by atoms with Crippen molar-refractivity contribution >= 4 is 11.9 Å². The molecule has 0 aliphatic carbocycles. The van der Waals surface area contributed by atoms with Crippen LogP contribution >= 0.6 is 0 Å². The Hall–Kier alpha value is -2.34. The van der Waals surface area contributed by atoms with Crippen LogP contribution in [0.4, 0.5) is 0 Å². The lowest BCUT2D eigenvalue weighted by Gasteiger charge is -2.23. The van der Waals surface area contributed by atoms with Gasteiger partial charge in [0.1, 0.15) is 12.2 Å². The maximum Gasteiger partial charge on any atom is 0.307 e. The summed E-state index contributed by atoms with van der Waals surface area (Å²) in [6.07, 6.45) is 3.61. The molecule has 0 saturated heterocycles. The molecule has 0 saturated carbocycles. The number of allylic oxidation sites excluding steroid dienone is 1. The Morgan fingerprint density at radius 2 is 1.85 bits per heavy atom. The van der Waals surface area contributed by atoms with E-state index >= 15 is 0 Å². The maximum atomic E-state index is 12.4. The van der Waals surface area contributed by atoms with E-state index in [2.05, 4.69) is 0 Å². The second-order valence-corrected chi connectivity index (χ2v) is 6.91. The van der Waals surface area contributed by atoms with Crippen molar-refractivity contribution < 1.29 is 23.9 Å². The Morgan fingerprint density at radius 1 is 1.19 bits per heavy atom. The Labute approximate surface area is 155 Å². The van der Waals surface area contributed by atoms with Crippen molar-refractivity contribution in [1.82, 2.24) is 5.06 Å². The molecule has 1 rings (SSSR count). The molecule has 1 atom stereocenters. The van der Waals surface area contributed by atoms with E-state index in [1.807, 2.05) is 30.3 Å². The molecule has 0 aromatic heterocycles. The standard InChI is InChI=1S/C20H29NO5/c1-20(2,3)26-18(22)14-17(19(23)21(4)24-5)12-9-13-25-15-16-10-7-6-8-11-16/h6-11,13,17H,12,14-15H2,1-5H3/b13-9+. The van der Waals surface area contributed by atoms with Crippen molar-refractivity contribution in [3.05, 3.63) is 48.2 Å². The average molecular weight is 363 g/mol. The third-order valence-electron chi connectivity index (χ3n) is 3.47. The third-order valence-corrected chi connectivity index (χ3v) is 3.47. The van der Waals surface area contributed by atoms with Gasteiger partial charge in [-0.1, -0.05) is 30.3 Å². The molecule has 1 aromatic rings. The molecule has 0 aliphatic heterocycles. The summed E-state index contributed by atoms with van der Waals surface area (Å²) in [6, 6.07) is 9.77. The van der Waals surface area contributed by atoms with Gasteiger partial charge in [0.05, 0.1) is 25.7 Å². The lowest BCUT2D eigenvalue weighted by molar-refractivity contribution is -0.176. The van der Waals surface area contributed by atoms with Crippen LogP contribution in [0.1, 0.15) is 39.2 Å². The fourth-order valence-corrected chi connectivity index (χ4v) is 2.21. The van der Waals surface area contributed by atoms with Crippen molar-refractivity contribution in [2.24, 2.45) is 5.92 Å². The van der Waals surface area contributed by atoms with Gasteiger partial charge in [-0.2, -0.15) is 0 Å². The number of carbonyl (C=O) groups excluding carboxylic acids is 2. The highest BCUT2D eigenvalue weighted by Gasteiger charge is 2.27. The largest absolute Gasteiger partial charge is 0.497 e. The SMILES string of the molecule is CON(C)C(=O)C(C/C=C/OCc1ccccc1)CC(=O)OC(C)(C)C. The van der Waals surface area contributed by atoms with Crippen LogP contribution in [0.15, 0.2) is 42.7 Å². The van der Waals surface area contributed by atoms with Crippen LogP contribution in [-0.4, -0.2) is 36.7 Å². The van der Waals surface area contributed by atoms with Crippen LogP contribution in [0, 0.1) is 5.92 Å². The summed E-state index contributed by atoms with van der Waals surface area (Å²) >= 11 is 0. The Kier molecular flexibility index (Phi) is 8.85. The van der Waals surface area contributed by atoms with E-state index in [1.54, 1.807) is 33.1 Å². The number of rotatable bonds is 9. The molecule has 1 aromatic carbocycles. The lowest BCUT2D eigenvalue weighted by atomic mass is 10.00. The predicted molar refractivity (Wildman–Crippen MR) is 98.7 cm³/mol. The summed E-state index contributed by atoms with van der Waals surface area (Å²) in [5, 5.41) is 1.12. The Morgan fingerprint density at radius 3 is 2.42 bits per heavy atom. The van der Waals surface area contributed by atoms with Gasteiger partial charge in [0.2, 0.25) is 5.91 Å². The lowest BCUT2D eigenvalue weighted by Crippen LogP contribution is -2.34. The van der Waals surface area contributed by atoms with Gasteiger partial charge in [0.15, 0.2) is 0 Å². The zero-order valence-electron chi connectivity index (χ0n) is 16.2. The van der Waals surface area contributed by atoms with Gasteiger partial charge in [-0.05, 0) is 38.8 Å². The monoisotopic (exact) mass is 363 g/mol. The Balaban J connectivity index is 2.59. The quantitative estimate of drug-likeness (QED) is 0.382. The van der Waals surface area contributed by atoms with Crippen molar-refractivity contribution in [2.45, 2.75) is 45.8 Å². The summed E-state index contributed by atoms with van der Waals surface area (Å²) in [5.41, 5.74) is 0.463. The minimum absolute atomic E-state index is 0.0210. The molecule has 144 valence electrons. The van der Waals surface area contributed by atoms with Gasteiger partial charge in [0.25, 0.3) is 0 Å². The van der Waals surface area contributed by atoms with Crippen molar-refractivity contribution in [2.75, 3.05) is 14.2 Å². The minimum atomic E-state index is -0.591. The molecule has 26 heavy (non-hydrogen) atoms. The number of amides is 1. The van der Waals surface area contributed by atoms with Gasteiger partial charge in [-0.25, -0.2) is 5.06 Å². The first kappa shape index (κ1) is 21.7. The van der Waals surface area contributed by atoms with Crippen LogP contribution in [0.25, 0.3) is 0 Å². The second-order valence-electron chi connectivity index (χ2n) is 6.91. The van der Waals surface area contributed by atoms with Crippen molar-refractivity contribution in [1.29, 1.82) is 0 Å². The minimum Gasteiger partial charge on any atom is -0.497 e. The molecule has 1 unspecified atom stereocenters. The molecule has 0 bridgehead atoms. The smallest absolute Gasteiger partial charge is 0.307 e. The molecule has 0 radical (unpaired) electrons. The van der Waals surface area contributed by atoms with Crippen LogP contribution < -0.4 is 0 Å². The normalized spacial score (nSPS) is 12.7. The van der Waals surface area contributed by atoms with Crippen LogP contribution in [0.2, 0.25) is 0 Å². The van der Waals surface area contributed by atoms with E-state index in [-0.39, 0.29) is 12.3 Å². The van der Waals surface area contributed by atoms with E-state index in [0.717, 1.165) is 10.6 Å². The summed E-state index contributed by atoms with van der Waals surface area (Å²) in [6.45, 7) is 5.82. The predicted octanol–water partition coefficient (Wildman–Crippen LogP) is 3.47. The highest BCUT2D eigenvalue weighted by atomic mass is 16.7. The molecular formula is C20H29NO5. The van der Waals surface area contributed by atoms with Crippen LogP contribution in [0.5, 0.6) is 0 Å². The number of hydrogen-bond acceptors (Lipinski definition) is 5. The molecule has 0 N–H and O–H groups in total. The number of esters is 1. The molecule has 0 fully saturated rings. The fraction of sp³-hybridized carbons (Fsp3) is 0.500. The molecule has 6 nitrogen and oxygen atoms in total. The summed E-state index contributed by atoms with van der Waals surface area (Å²) < 4.78 is 10.8. The van der Waals surface area contributed by atoms with Crippen LogP contribution in [-0.2, 0) is 30.5 Å². The average Bonchev–Trinajstić information content (AvgIpc) is 2.58. The Bertz CT molecular complexity index is 592. The third kappa shape index (κ3) is 8.67. The fourth-order valence-electron chi connectivity index (χ4n) is 2.21. The molecule has 0 spiro atoms. The number of ether oxygens (including phenoxy) is 2. The van der Waals surface area contributed by atoms with Gasteiger partial charge in [-0.3, -0.25) is 14.4 Å². The van der Waals surface area contributed by atoms with E-state index < -0.39 is 17.5 Å². The second kappa shape index (κ2) is 10.6. The molecule has 6 heteroatoms. The topological polar surface area (TPSA) is 65.1 Å². The summed E-state index contributed by atoms with van der Waals surface area (Å²) in [7, 11) is 2.92. The number of carbonyl (C=O) groups is 2.